The number of hydrogen-bond acceptors (Lipinski definition) is 3. The van der Waals surface area contributed by atoms with E-state index in [-0.39, 0.29) is 11.6 Å². The molecule has 0 N–H and O–H groups in total. The predicted octanol–water partition coefficient (Wildman–Crippen LogP) is 1.18. The Hall–Kier alpha value is -0.570. The lowest BCUT2D eigenvalue weighted by atomic mass is 9.85. The van der Waals surface area contributed by atoms with E-state index in [1.54, 1.807) is 0 Å². The van der Waals surface area contributed by atoms with Gasteiger partial charge in [-0.15, -0.1) is 0 Å². The van der Waals surface area contributed by atoms with Crippen LogP contribution in [0.4, 0.5) is 0 Å². The van der Waals surface area contributed by atoms with Crippen molar-refractivity contribution in [2.75, 3.05) is 13.6 Å². The van der Waals surface area contributed by atoms with E-state index in [1.807, 2.05) is 0 Å². The van der Waals surface area contributed by atoms with Crippen molar-refractivity contribution in [3.05, 3.63) is 0 Å². The van der Waals surface area contributed by atoms with Gasteiger partial charge in [-0.25, -0.2) is 0 Å². The SMILES string of the molecule is CC1CC2(CCC(=O)O2)CCN1C. The zero-order valence-electron chi connectivity index (χ0n) is 8.38. The van der Waals surface area contributed by atoms with E-state index >= 15 is 0 Å². The van der Waals surface area contributed by atoms with Crippen LogP contribution in [0.5, 0.6) is 0 Å². The van der Waals surface area contributed by atoms with Crippen molar-refractivity contribution in [3.63, 3.8) is 0 Å². The molecule has 0 radical (unpaired) electrons. The van der Waals surface area contributed by atoms with Gasteiger partial charge in [0.15, 0.2) is 0 Å². The molecule has 2 unspecified atom stereocenters. The Morgan fingerprint density at radius 2 is 2.31 bits per heavy atom. The molecule has 2 fully saturated rings. The smallest absolute Gasteiger partial charge is 0.306 e. The van der Waals surface area contributed by atoms with Gasteiger partial charge < -0.3 is 9.64 Å². The summed E-state index contributed by atoms with van der Waals surface area (Å²) in [7, 11) is 2.13. The third-order valence-corrected chi connectivity index (χ3v) is 3.46. The van der Waals surface area contributed by atoms with E-state index in [4.69, 9.17) is 4.74 Å². The molecule has 0 aliphatic carbocycles. The van der Waals surface area contributed by atoms with Crippen LogP contribution in [0.2, 0.25) is 0 Å². The van der Waals surface area contributed by atoms with E-state index < -0.39 is 0 Å². The quantitative estimate of drug-likeness (QED) is 0.528. The Labute approximate surface area is 79.0 Å². The van der Waals surface area contributed by atoms with Gasteiger partial charge in [0.2, 0.25) is 0 Å². The lowest BCUT2D eigenvalue weighted by Crippen LogP contribution is -2.47. The van der Waals surface area contributed by atoms with Gasteiger partial charge in [-0.3, -0.25) is 4.79 Å². The average Bonchev–Trinajstić information content (AvgIpc) is 2.42. The fourth-order valence-corrected chi connectivity index (χ4v) is 2.39. The van der Waals surface area contributed by atoms with Gasteiger partial charge in [-0.05, 0) is 26.8 Å². The summed E-state index contributed by atoms with van der Waals surface area (Å²) in [5.41, 5.74) is -0.0942. The fraction of sp³-hybridized carbons (Fsp3) is 0.900. The summed E-state index contributed by atoms with van der Waals surface area (Å²) in [5.74, 6) is -0.00301. The van der Waals surface area contributed by atoms with E-state index in [0.29, 0.717) is 12.5 Å². The van der Waals surface area contributed by atoms with Crippen molar-refractivity contribution in [1.29, 1.82) is 0 Å². The fourth-order valence-electron chi connectivity index (χ4n) is 2.39. The molecule has 13 heavy (non-hydrogen) atoms. The largest absolute Gasteiger partial charge is 0.459 e. The van der Waals surface area contributed by atoms with Gasteiger partial charge in [0.25, 0.3) is 0 Å². The highest BCUT2D eigenvalue weighted by Gasteiger charge is 2.44. The maximum atomic E-state index is 11.1. The van der Waals surface area contributed by atoms with Crippen LogP contribution in [0, 0.1) is 0 Å². The van der Waals surface area contributed by atoms with Gasteiger partial charge in [-0.2, -0.15) is 0 Å². The molecular formula is C10H17NO2. The van der Waals surface area contributed by atoms with Crippen molar-refractivity contribution in [2.45, 2.75) is 44.2 Å². The molecular weight excluding hydrogens is 166 g/mol. The van der Waals surface area contributed by atoms with Gasteiger partial charge in [0, 0.05) is 25.4 Å². The molecule has 2 saturated heterocycles. The second-order valence-corrected chi connectivity index (χ2v) is 4.44. The normalized spacial score (nSPS) is 41.1. The van der Waals surface area contributed by atoms with E-state index in [9.17, 15) is 4.79 Å². The molecule has 0 aromatic carbocycles. The number of rotatable bonds is 0. The third kappa shape index (κ3) is 1.57. The Morgan fingerprint density at radius 1 is 1.54 bits per heavy atom. The Kier molecular flexibility index (Phi) is 2.06. The molecule has 3 heteroatoms. The zero-order chi connectivity index (χ0) is 9.47. The number of piperidine rings is 1. The highest BCUT2D eigenvalue weighted by Crippen LogP contribution is 2.38. The van der Waals surface area contributed by atoms with Crippen LogP contribution < -0.4 is 0 Å². The lowest BCUT2D eigenvalue weighted by molar-refractivity contribution is -0.153. The minimum atomic E-state index is -0.0942. The monoisotopic (exact) mass is 183 g/mol. The topological polar surface area (TPSA) is 29.5 Å². The van der Waals surface area contributed by atoms with Crippen LogP contribution in [0.15, 0.2) is 0 Å². The molecule has 2 aliphatic heterocycles. The zero-order valence-corrected chi connectivity index (χ0v) is 8.38. The summed E-state index contributed by atoms with van der Waals surface area (Å²) in [4.78, 5) is 13.4. The molecule has 2 aliphatic rings. The van der Waals surface area contributed by atoms with Crippen LogP contribution in [0.25, 0.3) is 0 Å². The Morgan fingerprint density at radius 3 is 2.85 bits per heavy atom. The molecule has 0 bridgehead atoms. The van der Waals surface area contributed by atoms with Crippen molar-refractivity contribution < 1.29 is 9.53 Å². The molecule has 2 heterocycles. The first kappa shape index (κ1) is 9.00. The van der Waals surface area contributed by atoms with Crippen molar-refractivity contribution in [2.24, 2.45) is 0 Å². The molecule has 0 saturated carbocycles. The average molecular weight is 183 g/mol. The van der Waals surface area contributed by atoms with E-state index in [1.165, 1.54) is 0 Å². The molecule has 3 nitrogen and oxygen atoms in total. The number of esters is 1. The van der Waals surface area contributed by atoms with Gasteiger partial charge in [0.1, 0.15) is 5.60 Å². The number of carbonyl (C=O) groups is 1. The Balaban J connectivity index is 2.05. The highest BCUT2D eigenvalue weighted by molar-refractivity contribution is 5.72. The summed E-state index contributed by atoms with van der Waals surface area (Å²) in [6, 6.07) is 0.541. The second kappa shape index (κ2) is 2.98. The minimum Gasteiger partial charge on any atom is -0.459 e. The first-order chi connectivity index (χ1) is 6.11. The number of hydrogen-bond donors (Lipinski definition) is 0. The summed E-state index contributed by atoms with van der Waals surface area (Å²) in [6.07, 6.45) is 3.58. The third-order valence-electron chi connectivity index (χ3n) is 3.46. The summed E-state index contributed by atoms with van der Waals surface area (Å²) in [6.45, 7) is 3.25. The number of carbonyl (C=O) groups excluding carboxylic acids is 1. The van der Waals surface area contributed by atoms with E-state index in [2.05, 4.69) is 18.9 Å². The first-order valence-electron chi connectivity index (χ1n) is 5.03. The number of ether oxygens (including phenoxy) is 1. The molecule has 0 amide bonds. The summed E-state index contributed by atoms with van der Waals surface area (Å²) in [5, 5.41) is 0. The molecule has 1 spiro atoms. The second-order valence-electron chi connectivity index (χ2n) is 4.44. The van der Waals surface area contributed by atoms with Crippen LogP contribution in [-0.2, 0) is 9.53 Å². The molecule has 2 atom stereocenters. The van der Waals surface area contributed by atoms with Crippen molar-refractivity contribution >= 4 is 5.97 Å². The van der Waals surface area contributed by atoms with Gasteiger partial charge in [-0.1, -0.05) is 0 Å². The summed E-state index contributed by atoms with van der Waals surface area (Å²) >= 11 is 0. The Bertz CT molecular complexity index is 229. The van der Waals surface area contributed by atoms with Crippen LogP contribution in [-0.4, -0.2) is 36.1 Å². The molecule has 0 aromatic heterocycles. The lowest BCUT2D eigenvalue weighted by Gasteiger charge is -2.40. The van der Waals surface area contributed by atoms with E-state index in [0.717, 1.165) is 25.8 Å². The number of likely N-dealkylation sites (tertiary alicyclic amines) is 1. The van der Waals surface area contributed by atoms with Crippen LogP contribution in [0.1, 0.15) is 32.6 Å². The van der Waals surface area contributed by atoms with Gasteiger partial charge >= 0.3 is 5.97 Å². The highest BCUT2D eigenvalue weighted by atomic mass is 16.6. The summed E-state index contributed by atoms with van der Waals surface area (Å²) < 4.78 is 5.44. The number of nitrogens with zero attached hydrogens (tertiary/aromatic N) is 1. The predicted molar refractivity (Wildman–Crippen MR) is 49.4 cm³/mol. The van der Waals surface area contributed by atoms with Crippen molar-refractivity contribution in [3.8, 4) is 0 Å². The maximum absolute atomic E-state index is 11.1. The minimum absolute atomic E-state index is 0.00301. The maximum Gasteiger partial charge on any atom is 0.306 e. The molecule has 74 valence electrons. The van der Waals surface area contributed by atoms with Gasteiger partial charge in [0.05, 0.1) is 0 Å². The van der Waals surface area contributed by atoms with Crippen LogP contribution >= 0.6 is 0 Å². The first-order valence-corrected chi connectivity index (χ1v) is 5.03. The van der Waals surface area contributed by atoms with Crippen LogP contribution in [0.3, 0.4) is 0 Å². The molecule has 0 aromatic rings. The molecule has 2 rings (SSSR count). The standard InChI is InChI=1S/C10H17NO2/c1-8-7-10(5-6-11(8)2)4-3-9(12)13-10/h8H,3-7H2,1-2H3. The van der Waals surface area contributed by atoms with Crippen molar-refractivity contribution in [1.82, 2.24) is 4.90 Å².